The number of nitrogens with one attached hydrogen (secondary N) is 2. The molecule has 2 unspecified atom stereocenters. The van der Waals surface area contributed by atoms with E-state index in [2.05, 4.69) is 0 Å². The van der Waals surface area contributed by atoms with Crippen molar-refractivity contribution in [2.24, 2.45) is 5.73 Å². The molecule has 2 aromatic rings. The van der Waals surface area contributed by atoms with E-state index in [0.29, 0.717) is 61.1 Å². The molecule has 2 aliphatic heterocycles. The summed E-state index contributed by atoms with van der Waals surface area (Å²) >= 11 is 0. The number of carbonyl (C=O) groups is 1. The first-order valence-corrected chi connectivity index (χ1v) is 12.0. The molecule has 1 saturated heterocycles. The first-order chi connectivity index (χ1) is 17.2. The summed E-state index contributed by atoms with van der Waals surface area (Å²) in [5.41, 5.74) is 8.25. The summed E-state index contributed by atoms with van der Waals surface area (Å²) in [6, 6.07) is 10.6. The van der Waals surface area contributed by atoms with Crippen molar-refractivity contribution in [3.63, 3.8) is 0 Å². The maximum absolute atomic E-state index is 12.2. The van der Waals surface area contributed by atoms with Crippen LogP contribution in [0.5, 0.6) is 17.2 Å². The number of nitrogens with two attached hydrogens (primary N) is 1. The van der Waals surface area contributed by atoms with Crippen LogP contribution in [0.1, 0.15) is 36.1 Å². The van der Waals surface area contributed by atoms with E-state index >= 15 is 0 Å². The van der Waals surface area contributed by atoms with Gasteiger partial charge in [0, 0.05) is 31.6 Å². The third kappa shape index (κ3) is 5.64. The fraction of sp³-hybridized carbons (Fsp3) is 0.423. The van der Waals surface area contributed by atoms with Gasteiger partial charge in [-0.05, 0) is 55.2 Å². The van der Waals surface area contributed by atoms with Crippen LogP contribution in [0.25, 0.3) is 0 Å². The summed E-state index contributed by atoms with van der Waals surface area (Å²) in [5.74, 6) is 0.921. The van der Waals surface area contributed by atoms with E-state index in [1.165, 1.54) is 7.11 Å². The van der Waals surface area contributed by atoms with E-state index in [0.717, 1.165) is 24.1 Å². The summed E-state index contributed by atoms with van der Waals surface area (Å²) in [7, 11) is 1.53. The Labute approximate surface area is 210 Å². The number of ether oxygens (including phenoxy) is 3. The van der Waals surface area contributed by atoms with Crippen molar-refractivity contribution in [1.82, 2.24) is 9.80 Å². The Kier molecular flexibility index (Phi) is 7.52. The SMILES string of the molecule is COc1cc2c(cc1OC(C(=O)O)c1ccc(OC3CCN(C(C)=N)C3)cc1)CCN(C(=N)N)CC2. The number of nitrogens with zero attached hydrogens (tertiary/aromatic N) is 2. The van der Waals surface area contributed by atoms with Crippen molar-refractivity contribution in [3.05, 3.63) is 53.1 Å². The fourth-order valence-electron chi connectivity index (χ4n) is 4.66. The lowest BCUT2D eigenvalue weighted by molar-refractivity contribution is -0.145. The predicted octanol–water partition coefficient (Wildman–Crippen LogP) is 2.64. The van der Waals surface area contributed by atoms with Gasteiger partial charge in [-0.1, -0.05) is 12.1 Å². The number of aliphatic carboxylic acids is 1. The van der Waals surface area contributed by atoms with Crippen molar-refractivity contribution in [3.8, 4) is 17.2 Å². The van der Waals surface area contributed by atoms with Crippen LogP contribution < -0.4 is 19.9 Å². The monoisotopic (exact) mass is 495 g/mol. The van der Waals surface area contributed by atoms with Crippen LogP contribution in [0.4, 0.5) is 0 Å². The lowest BCUT2D eigenvalue weighted by Crippen LogP contribution is -2.38. The van der Waals surface area contributed by atoms with Crippen LogP contribution in [0.15, 0.2) is 36.4 Å². The maximum atomic E-state index is 12.2. The molecular formula is C26H33N5O5. The van der Waals surface area contributed by atoms with Gasteiger partial charge in [0.2, 0.25) is 6.10 Å². The van der Waals surface area contributed by atoms with E-state index in [4.69, 9.17) is 30.8 Å². The second kappa shape index (κ2) is 10.8. The minimum atomic E-state index is -1.23. The number of likely N-dealkylation sites (tertiary alicyclic amines) is 1. The van der Waals surface area contributed by atoms with Crippen molar-refractivity contribution in [2.75, 3.05) is 33.3 Å². The van der Waals surface area contributed by atoms with Crippen LogP contribution in [-0.2, 0) is 17.6 Å². The van der Waals surface area contributed by atoms with Crippen LogP contribution >= 0.6 is 0 Å². The average Bonchev–Trinajstić information content (AvgIpc) is 3.22. The van der Waals surface area contributed by atoms with Gasteiger partial charge in [0.05, 0.1) is 19.5 Å². The van der Waals surface area contributed by atoms with Crippen molar-refractivity contribution >= 4 is 17.8 Å². The quantitative estimate of drug-likeness (QED) is 0.339. The molecule has 192 valence electrons. The van der Waals surface area contributed by atoms with Gasteiger partial charge in [-0.25, -0.2) is 4.79 Å². The second-order valence-corrected chi connectivity index (χ2v) is 9.11. The average molecular weight is 496 g/mol. The van der Waals surface area contributed by atoms with Crippen LogP contribution in [0.2, 0.25) is 0 Å². The third-order valence-electron chi connectivity index (χ3n) is 6.70. The summed E-state index contributed by atoms with van der Waals surface area (Å²) < 4.78 is 17.6. The van der Waals surface area contributed by atoms with Gasteiger partial charge in [0.1, 0.15) is 11.9 Å². The van der Waals surface area contributed by atoms with Gasteiger partial charge in [-0.15, -0.1) is 0 Å². The van der Waals surface area contributed by atoms with Crippen molar-refractivity contribution in [2.45, 2.75) is 38.4 Å². The molecule has 5 N–H and O–H groups in total. The predicted molar refractivity (Wildman–Crippen MR) is 135 cm³/mol. The number of carboxylic acids is 1. The molecule has 1 fully saturated rings. The van der Waals surface area contributed by atoms with E-state index in [1.54, 1.807) is 31.2 Å². The molecule has 2 atom stereocenters. The summed E-state index contributed by atoms with van der Waals surface area (Å²) in [6.07, 6.45) is 0.961. The Hall–Kier alpha value is -3.95. The Bertz CT molecular complexity index is 1140. The van der Waals surface area contributed by atoms with Gasteiger partial charge >= 0.3 is 5.97 Å². The number of hydrogen-bond donors (Lipinski definition) is 4. The first-order valence-electron chi connectivity index (χ1n) is 12.0. The minimum Gasteiger partial charge on any atom is -0.493 e. The summed E-state index contributed by atoms with van der Waals surface area (Å²) in [4.78, 5) is 15.9. The second-order valence-electron chi connectivity index (χ2n) is 9.11. The Morgan fingerprint density at radius 1 is 1.06 bits per heavy atom. The molecule has 10 nitrogen and oxygen atoms in total. The zero-order chi connectivity index (χ0) is 25.8. The summed E-state index contributed by atoms with van der Waals surface area (Å²) in [5, 5.41) is 25.4. The van der Waals surface area contributed by atoms with Crippen molar-refractivity contribution in [1.29, 1.82) is 10.8 Å². The molecule has 36 heavy (non-hydrogen) atoms. The molecule has 0 spiro atoms. The normalized spacial score (nSPS) is 18.1. The van der Waals surface area contributed by atoms with Gasteiger partial charge in [-0.2, -0.15) is 0 Å². The highest BCUT2D eigenvalue weighted by Crippen LogP contribution is 2.36. The Morgan fingerprint density at radius 2 is 1.69 bits per heavy atom. The first kappa shape index (κ1) is 25.2. The molecule has 2 aromatic carbocycles. The molecule has 4 rings (SSSR count). The lowest BCUT2D eigenvalue weighted by atomic mass is 10.0. The molecule has 0 aromatic heterocycles. The molecule has 0 aliphatic carbocycles. The van der Waals surface area contributed by atoms with Gasteiger partial charge < -0.3 is 34.9 Å². The van der Waals surface area contributed by atoms with Crippen molar-refractivity contribution < 1.29 is 24.1 Å². The number of carboxylic acid groups (broad SMARTS) is 1. The molecule has 0 bridgehead atoms. The molecule has 2 heterocycles. The standard InChI is InChI=1S/C26H33N5O5/c1-16(27)31-12-9-21(15-31)35-20-5-3-17(4-6-20)24(25(32)33)36-23-14-19-8-11-30(26(28)29)10-7-18(19)13-22(23)34-2/h3-6,13-14,21,24,27H,7-12,15H2,1-2H3,(H3,28,29)(H,32,33). The van der Waals surface area contributed by atoms with E-state index in [9.17, 15) is 9.90 Å². The Morgan fingerprint density at radius 3 is 2.22 bits per heavy atom. The lowest BCUT2D eigenvalue weighted by Gasteiger charge is -2.20. The van der Waals surface area contributed by atoms with E-state index < -0.39 is 12.1 Å². The highest BCUT2D eigenvalue weighted by atomic mass is 16.5. The van der Waals surface area contributed by atoms with Gasteiger partial charge in [-0.3, -0.25) is 10.8 Å². The number of methoxy groups -OCH3 is 1. The molecular weight excluding hydrogens is 462 g/mol. The molecule has 0 radical (unpaired) electrons. The third-order valence-corrected chi connectivity index (χ3v) is 6.70. The molecule has 10 heteroatoms. The smallest absolute Gasteiger partial charge is 0.349 e. The number of amidine groups is 1. The zero-order valence-electron chi connectivity index (χ0n) is 20.6. The van der Waals surface area contributed by atoms with Crippen LogP contribution in [0.3, 0.4) is 0 Å². The van der Waals surface area contributed by atoms with E-state index in [1.807, 2.05) is 21.9 Å². The fourth-order valence-corrected chi connectivity index (χ4v) is 4.66. The van der Waals surface area contributed by atoms with Gasteiger partial charge in [0.25, 0.3) is 0 Å². The van der Waals surface area contributed by atoms with Gasteiger partial charge in [0.15, 0.2) is 17.5 Å². The number of rotatable bonds is 7. The molecule has 0 saturated carbocycles. The zero-order valence-corrected chi connectivity index (χ0v) is 20.6. The van der Waals surface area contributed by atoms with Crippen LogP contribution in [-0.4, -0.2) is 72.1 Å². The highest BCUT2D eigenvalue weighted by molar-refractivity contribution is 5.77. The molecule has 0 amide bonds. The number of benzene rings is 2. The number of hydrogen-bond acceptors (Lipinski definition) is 6. The minimum absolute atomic E-state index is 0.00886. The number of guanidine groups is 1. The van der Waals surface area contributed by atoms with Crippen LogP contribution in [0, 0.1) is 10.8 Å². The molecule has 2 aliphatic rings. The maximum Gasteiger partial charge on any atom is 0.349 e. The number of fused-ring (bicyclic) bond motifs is 1. The van der Waals surface area contributed by atoms with E-state index in [-0.39, 0.29) is 12.1 Å². The largest absolute Gasteiger partial charge is 0.493 e. The Balaban J connectivity index is 1.50. The summed E-state index contributed by atoms with van der Waals surface area (Å²) in [6.45, 7) is 4.47. The highest BCUT2D eigenvalue weighted by Gasteiger charge is 2.27. The topological polar surface area (TPSA) is 145 Å².